The molecule has 0 aliphatic heterocycles. The number of anilines is 1. The van der Waals surface area contributed by atoms with Crippen LogP contribution in [0.1, 0.15) is 11.1 Å². The molecule has 0 radical (unpaired) electrons. The van der Waals surface area contributed by atoms with Gasteiger partial charge in [-0.15, -0.1) is 0 Å². The average Bonchev–Trinajstić information content (AvgIpc) is 2.53. The minimum Gasteiger partial charge on any atom is -0.507 e. The molecule has 0 saturated carbocycles. The van der Waals surface area contributed by atoms with Crippen molar-refractivity contribution in [2.24, 2.45) is 10.2 Å². The molecule has 4 heteroatoms. The van der Waals surface area contributed by atoms with Crippen LogP contribution in [0.2, 0.25) is 0 Å². The summed E-state index contributed by atoms with van der Waals surface area (Å²) < 4.78 is 0. The summed E-state index contributed by atoms with van der Waals surface area (Å²) in [6.45, 7) is 0. The largest absolute Gasteiger partial charge is 0.507 e. The van der Waals surface area contributed by atoms with E-state index in [1.165, 1.54) is 6.21 Å². The number of rotatable bonds is 5. The van der Waals surface area contributed by atoms with Gasteiger partial charge in [-0.2, -0.15) is 10.2 Å². The molecule has 22 heavy (non-hydrogen) atoms. The molecule has 2 aromatic carbocycles. The van der Waals surface area contributed by atoms with Crippen LogP contribution in [-0.4, -0.2) is 31.6 Å². The van der Waals surface area contributed by atoms with E-state index in [0.29, 0.717) is 5.56 Å². The van der Waals surface area contributed by atoms with E-state index < -0.39 is 0 Å². The molecule has 0 fully saturated rings. The SMILES string of the molecule is CN(C)c1ccc(C=CC=N/N=C/c2ccccc2O)cc1. The number of hydrogen-bond donors (Lipinski definition) is 1. The fourth-order valence-electron chi connectivity index (χ4n) is 1.81. The molecule has 0 saturated heterocycles. The zero-order valence-corrected chi connectivity index (χ0v) is 12.7. The van der Waals surface area contributed by atoms with E-state index in [9.17, 15) is 5.11 Å². The zero-order chi connectivity index (χ0) is 15.8. The van der Waals surface area contributed by atoms with Crippen molar-refractivity contribution in [1.82, 2.24) is 0 Å². The fourth-order valence-corrected chi connectivity index (χ4v) is 1.81. The Labute approximate surface area is 130 Å². The molecule has 0 bridgehead atoms. The lowest BCUT2D eigenvalue weighted by Crippen LogP contribution is -2.07. The molecule has 0 unspecified atom stereocenters. The summed E-state index contributed by atoms with van der Waals surface area (Å²) in [4.78, 5) is 2.06. The van der Waals surface area contributed by atoms with Gasteiger partial charge in [0.05, 0.1) is 6.21 Å². The molecule has 0 amide bonds. The highest BCUT2D eigenvalue weighted by atomic mass is 16.3. The highest BCUT2D eigenvalue weighted by Crippen LogP contribution is 2.13. The third-order valence-electron chi connectivity index (χ3n) is 3.05. The number of phenolic OH excluding ortho intramolecular Hbond substituents is 1. The van der Waals surface area contributed by atoms with Gasteiger partial charge in [-0.05, 0) is 35.9 Å². The predicted octanol–water partition coefficient (Wildman–Crippen LogP) is 3.58. The topological polar surface area (TPSA) is 48.2 Å². The Hall–Kier alpha value is -2.88. The van der Waals surface area contributed by atoms with Crippen LogP contribution < -0.4 is 4.90 Å². The van der Waals surface area contributed by atoms with E-state index in [1.54, 1.807) is 24.4 Å². The van der Waals surface area contributed by atoms with Crippen LogP contribution in [0.25, 0.3) is 6.08 Å². The zero-order valence-electron chi connectivity index (χ0n) is 12.7. The van der Waals surface area contributed by atoms with Gasteiger partial charge in [-0.3, -0.25) is 0 Å². The maximum Gasteiger partial charge on any atom is 0.124 e. The minimum absolute atomic E-state index is 0.193. The smallest absolute Gasteiger partial charge is 0.124 e. The van der Waals surface area contributed by atoms with E-state index in [2.05, 4.69) is 27.2 Å². The van der Waals surface area contributed by atoms with Gasteiger partial charge in [-0.1, -0.05) is 30.3 Å². The van der Waals surface area contributed by atoms with Crippen molar-refractivity contribution in [2.45, 2.75) is 0 Å². The van der Waals surface area contributed by atoms with Gasteiger partial charge in [0.2, 0.25) is 0 Å². The van der Waals surface area contributed by atoms with Crippen molar-refractivity contribution in [3.63, 3.8) is 0 Å². The summed E-state index contributed by atoms with van der Waals surface area (Å²) >= 11 is 0. The quantitative estimate of drug-likeness (QED) is 0.676. The van der Waals surface area contributed by atoms with Gasteiger partial charge >= 0.3 is 0 Å². The highest BCUT2D eigenvalue weighted by molar-refractivity contribution is 5.84. The molecule has 112 valence electrons. The maximum atomic E-state index is 9.56. The number of aromatic hydroxyl groups is 1. The number of nitrogens with zero attached hydrogens (tertiary/aromatic N) is 3. The third-order valence-corrected chi connectivity index (χ3v) is 3.05. The van der Waals surface area contributed by atoms with Crippen LogP contribution in [0.4, 0.5) is 5.69 Å². The van der Waals surface area contributed by atoms with Gasteiger partial charge in [0, 0.05) is 31.6 Å². The van der Waals surface area contributed by atoms with Crippen molar-refractivity contribution in [2.75, 3.05) is 19.0 Å². The van der Waals surface area contributed by atoms with E-state index in [-0.39, 0.29) is 5.75 Å². The molecule has 1 N–H and O–H groups in total. The van der Waals surface area contributed by atoms with Crippen molar-refractivity contribution < 1.29 is 5.11 Å². The summed E-state index contributed by atoms with van der Waals surface area (Å²) in [5.74, 6) is 0.193. The maximum absolute atomic E-state index is 9.56. The number of phenols is 1. The molecule has 0 heterocycles. The predicted molar refractivity (Wildman–Crippen MR) is 94.0 cm³/mol. The summed E-state index contributed by atoms with van der Waals surface area (Å²) in [5.41, 5.74) is 2.91. The third kappa shape index (κ3) is 4.59. The molecule has 0 aliphatic carbocycles. The average molecular weight is 293 g/mol. The standard InChI is InChI=1S/C18H19N3O/c1-21(2)17-11-9-15(10-12-17)6-5-13-19-20-14-16-7-3-4-8-18(16)22/h3-14,22H,1-2H3/b6-5?,19-13?,20-14+. The highest BCUT2D eigenvalue weighted by Gasteiger charge is 1.94. The second kappa shape index (κ2) is 7.78. The summed E-state index contributed by atoms with van der Waals surface area (Å²) in [6, 6.07) is 15.2. The van der Waals surface area contributed by atoms with Crippen LogP contribution in [-0.2, 0) is 0 Å². The first-order valence-corrected chi connectivity index (χ1v) is 6.95. The molecular weight excluding hydrogens is 274 g/mol. The molecule has 4 nitrogen and oxygen atoms in total. The van der Waals surface area contributed by atoms with E-state index in [0.717, 1.165) is 11.3 Å². The first-order valence-electron chi connectivity index (χ1n) is 6.95. The van der Waals surface area contributed by atoms with Crippen molar-refractivity contribution in [3.05, 3.63) is 65.7 Å². The van der Waals surface area contributed by atoms with Crippen LogP contribution in [0, 0.1) is 0 Å². The second-order valence-electron chi connectivity index (χ2n) is 4.91. The Morgan fingerprint density at radius 3 is 2.36 bits per heavy atom. The summed E-state index contributed by atoms with van der Waals surface area (Å²) in [5, 5.41) is 17.4. The number of allylic oxidation sites excluding steroid dienone is 1. The van der Waals surface area contributed by atoms with E-state index in [1.807, 2.05) is 44.4 Å². The van der Waals surface area contributed by atoms with Gasteiger partial charge in [0.1, 0.15) is 5.75 Å². The first kappa shape index (κ1) is 15.5. The lowest BCUT2D eigenvalue weighted by molar-refractivity contribution is 0.474. The molecule has 0 spiro atoms. The Balaban J connectivity index is 1.90. The van der Waals surface area contributed by atoms with Crippen LogP contribution in [0.15, 0.2) is 64.8 Å². The lowest BCUT2D eigenvalue weighted by Gasteiger charge is -2.11. The fraction of sp³-hybridized carbons (Fsp3) is 0.111. The van der Waals surface area contributed by atoms with Gasteiger partial charge in [0.15, 0.2) is 0 Å². The van der Waals surface area contributed by atoms with Crippen LogP contribution >= 0.6 is 0 Å². The van der Waals surface area contributed by atoms with Crippen LogP contribution in [0.3, 0.4) is 0 Å². The molecular formula is C18H19N3O. The van der Waals surface area contributed by atoms with Gasteiger partial charge in [-0.25, -0.2) is 0 Å². The number of benzene rings is 2. The second-order valence-corrected chi connectivity index (χ2v) is 4.91. The Morgan fingerprint density at radius 2 is 1.68 bits per heavy atom. The Bertz CT molecular complexity index is 686. The number of hydrogen-bond acceptors (Lipinski definition) is 4. The first-order chi connectivity index (χ1) is 10.7. The normalized spacial score (nSPS) is 11.7. The molecule has 0 atom stereocenters. The Morgan fingerprint density at radius 1 is 0.955 bits per heavy atom. The Kier molecular flexibility index (Phi) is 5.49. The lowest BCUT2D eigenvalue weighted by atomic mass is 10.2. The molecule has 2 rings (SSSR count). The summed E-state index contributed by atoms with van der Waals surface area (Å²) in [6.07, 6.45) is 6.91. The van der Waals surface area contributed by atoms with Crippen LogP contribution in [0.5, 0.6) is 5.75 Å². The van der Waals surface area contributed by atoms with Crippen molar-refractivity contribution in [1.29, 1.82) is 0 Å². The summed E-state index contributed by atoms with van der Waals surface area (Å²) in [7, 11) is 4.03. The molecule has 2 aromatic rings. The molecule has 0 aliphatic rings. The monoisotopic (exact) mass is 293 g/mol. The van der Waals surface area contributed by atoms with Gasteiger partial charge in [0.25, 0.3) is 0 Å². The van der Waals surface area contributed by atoms with E-state index >= 15 is 0 Å². The minimum atomic E-state index is 0.193. The number of para-hydroxylation sites is 1. The van der Waals surface area contributed by atoms with E-state index in [4.69, 9.17) is 0 Å². The van der Waals surface area contributed by atoms with Gasteiger partial charge < -0.3 is 10.0 Å². The molecule has 0 aromatic heterocycles. The van der Waals surface area contributed by atoms with Crippen molar-refractivity contribution in [3.8, 4) is 5.75 Å². The van der Waals surface area contributed by atoms with Crippen molar-refractivity contribution >= 4 is 24.2 Å².